The zero-order chi connectivity index (χ0) is 19.0. The Morgan fingerprint density at radius 1 is 1.08 bits per heavy atom. The minimum absolute atomic E-state index is 0.116. The average molecular weight is 380 g/mol. The number of Topliss-reactive ketones (excluding diaryl/α,β-unsaturated/α-hetero) is 1. The van der Waals surface area contributed by atoms with E-state index in [1.807, 2.05) is 0 Å². The molecule has 1 N–H and O–H groups in total. The summed E-state index contributed by atoms with van der Waals surface area (Å²) in [7, 11) is 0. The maximum absolute atomic E-state index is 14.4. The summed E-state index contributed by atoms with van der Waals surface area (Å²) in [5.41, 5.74) is 0.343. The highest BCUT2D eigenvalue weighted by Gasteiger charge is 2.41. The van der Waals surface area contributed by atoms with Crippen molar-refractivity contribution in [3.05, 3.63) is 39.7 Å². The monoisotopic (exact) mass is 379 g/mol. The number of carbonyl (C=O) groups is 4. The Morgan fingerprint density at radius 3 is 2.19 bits per heavy atom. The molecular weight excluding hydrogens is 365 g/mol. The molecule has 0 atom stereocenters. The minimum atomic E-state index is -1.15. The van der Waals surface area contributed by atoms with Crippen LogP contribution in [-0.4, -0.2) is 28.7 Å². The molecular formula is C18H15ClFNO5. The van der Waals surface area contributed by atoms with Crippen LogP contribution in [0.1, 0.15) is 48.9 Å². The summed E-state index contributed by atoms with van der Waals surface area (Å²) in [6.07, 6.45) is 1.78. The molecule has 0 radical (unpaired) electrons. The van der Waals surface area contributed by atoms with Gasteiger partial charge in [0.25, 0.3) is 11.8 Å². The van der Waals surface area contributed by atoms with E-state index >= 15 is 0 Å². The van der Waals surface area contributed by atoms with Gasteiger partial charge in [0.1, 0.15) is 5.82 Å². The molecule has 2 aliphatic rings. The van der Waals surface area contributed by atoms with Crippen LogP contribution in [0.25, 0.3) is 0 Å². The lowest BCUT2D eigenvalue weighted by atomic mass is 9.93. The molecule has 1 heterocycles. The predicted octanol–water partition coefficient (Wildman–Crippen LogP) is 3.27. The third-order valence-corrected chi connectivity index (χ3v) is 4.85. The van der Waals surface area contributed by atoms with Gasteiger partial charge in [0, 0.05) is 23.1 Å². The van der Waals surface area contributed by atoms with Crippen molar-refractivity contribution in [3.8, 4) is 0 Å². The van der Waals surface area contributed by atoms with Crippen LogP contribution in [0.15, 0.2) is 23.3 Å². The maximum atomic E-state index is 14.4. The summed E-state index contributed by atoms with van der Waals surface area (Å²) in [6.45, 7) is 0. The Labute approximate surface area is 153 Å². The van der Waals surface area contributed by atoms with Crippen molar-refractivity contribution in [2.75, 3.05) is 4.90 Å². The highest BCUT2D eigenvalue weighted by molar-refractivity contribution is 6.35. The first-order valence-corrected chi connectivity index (χ1v) is 8.54. The summed E-state index contributed by atoms with van der Waals surface area (Å²) in [4.78, 5) is 48.7. The van der Waals surface area contributed by atoms with E-state index in [0.29, 0.717) is 24.0 Å². The number of hydrogen-bond acceptors (Lipinski definition) is 4. The van der Waals surface area contributed by atoms with Crippen LogP contribution in [0.5, 0.6) is 0 Å². The number of anilines is 1. The third kappa shape index (κ3) is 3.14. The third-order valence-electron chi connectivity index (χ3n) is 4.53. The quantitative estimate of drug-likeness (QED) is 0.626. The number of amides is 2. The van der Waals surface area contributed by atoms with Gasteiger partial charge in [0.15, 0.2) is 5.78 Å². The van der Waals surface area contributed by atoms with Crippen LogP contribution in [0, 0.1) is 5.82 Å². The van der Waals surface area contributed by atoms with Crippen LogP contribution >= 0.6 is 11.6 Å². The lowest BCUT2D eigenvalue weighted by Crippen LogP contribution is -2.32. The molecule has 26 heavy (non-hydrogen) atoms. The summed E-state index contributed by atoms with van der Waals surface area (Å²) in [5.74, 6) is -3.80. The van der Waals surface area contributed by atoms with Crippen molar-refractivity contribution in [1.29, 1.82) is 0 Å². The molecule has 1 aromatic carbocycles. The lowest BCUT2D eigenvalue weighted by Gasteiger charge is -2.17. The van der Waals surface area contributed by atoms with Gasteiger partial charge in [0.05, 0.1) is 17.1 Å². The summed E-state index contributed by atoms with van der Waals surface area (Å²) >= 11 is 5.91. The van der Waals surface area contributed by atoms with Crippen molar-refractivity contribution < 1.29 is 28.7 Å². The molecule has 8 heteroatoms. The number of nitrogens with zero attached hydrogens (tertiary/aromatic N) is 1. The molecule has 0 aromatic heterocycles. The van der Waals surface area contributed by atoms with Crippen molar-refractivity contribution >= 4 is 40.9 Å². The molecule has 0 unspecified atom stereocenters. The smallest absolute Gasteiger partial charge is 0.303 e. The van der Waals surface area contributed by atoms with Gasteiger partial charge in [-0.2, -0.15) is 0 Å². The van der Waals surface area contributed by atoms with E-state index in [4.69, 9.17) is 16.7 Å². The topological polar surface area (TPSA) is 91.8 Å². The van der Waals surface area contributed by atoms with Gasteiger partial charge in [-0.25, -0.2) is 9.29 Å². The number of carbonyl (C=O) groups excluding carboxylic acids is 3. The molecule has 136 valence electrons. The highest BCUT2D eigenvalue weighted by Crippen LogP contribution is 2.38. The first-order chi connectivity index (χ1) is 12.3. The van der Waals surface area contributed by atoms with E-state index in [2.05, 4.69) is 0 Å². The number of benzene rings is 1. The molecule has 0 spiro atoms. The predicted molar refractivity (Wildman–Crippen MR) is 90.6 cm³/mol. The Bertz CT molecular complexity index is 849. The first-order valence-electron chi connectivity index (χ1n) is 8.16. The summed E-state index contributed by atoms with van der Waals surface area (Å²) < 4.78 is 14.4. The van der Waals surface area contributed by atoms with E-state index in [1.54, 1.807) is 0 Å². The number of rotatable bonds is 5. The van der Waals surface area contributed by atoms with Gasteiger partial charge in [0.2, 0.25) is 0 Å². The largest absolute Gasteiger partial charge is 0.481 e. The fourth-order valence-corrected chi connectivity index (χ4v) is 3.49. The number of carboxylic acid groups (broad SMARTS) is 1. The standard InChI is InChI=1S/C18H15ClFNO5/c19-12-8-13(20)14(7-11(12)15(22)5-6-16(23)24)21-17(25)9-3-1-2-4-10(9)18(21)26/h7-8H,1-6H2,(H,23,24). The SMILES string of the molecule is O=C(O)CCC(=O)c1cc(N2C(=O)C3=C(CCCC3)C2=O)c(F)cc1Cl. The van der Waals surface area contributed by atoms with Gasteiger partial charge < -0.3 is 5.11 Å². The van der Waals surface area contributed by atoms with E-state index in [0.717, 1.165) is 29.9 Å². The Morgan fingerprint density at radius 2 is 1.65 bits per heavy atom. The van der Waals surface area contributed by atoms with E-state index < -0.39 is 35.8 Å². The highest BCUT2D eigenvalue weighted by atomic mass is 35.5. The average Bonchev–Trinajstić information content (AvgIpc) is 2.85. The minimum Gasteiger partial charge on any atom is -0.481 e. The van der Waals surface area contributed by atoms with Gasteiger partial charge in [-0.3, -0.25) is 19.2 Å². The summed E-state index contributed by atoms with van der Waals surface area (Å²) in [6, 6.07) is 1.92. The van der Waals surface area contributed by atoms with Gasteiger partial charge >= 0.3 is 5.97 Å². The van der Waals surface area contributed by atoms with Gasteiger partial charge in [-0.1, -0.05) is 11.6 Å². The molecule has 2 amide bonds. The molecule has 1 aliphatic carbocycles. The van der Waals surface area contributed by atoms with Crippen molar-refractivity contribution in [3.63, 3.8) is 0 Å². The summed E-state index contributed by atoms with van der Waals surface area (Å²) in [5, 5.41) is 8.49. The second kappa shape index (κ2) is 6.99. The van der Waals surface area contributed by atoms with Gasteiger partial charge in [-0.15, -0.1) is 0 Å². The number of carboxylic acids is 1. The second-order valence-corrected chi connectivity index (χ2v) is 6.62. The van der Waals surface area contributed by atoms with Crippen molar-refractivity contribution in [1.82, 2.24) is 0 Å². The fraction of sp³-hybridized carbons (Fsp3) is 0.333. The first kappa shape index (κ1) is 18.3. The zero-order valence-electron chi connectivity index (χ0n) is 13.7. The number of aliphatic carboxylic acids is 1. The molecule has 1 aliphatic heterocycles. The lowest BCUT2D eigenvalue weighted by molar-refractivity contribution is -0.137. The molecule has 3 rings (SSSR count). The number of hydrogen-bond donors (Lipinski definition) is 1. The number of ketones is 1. The molecule has 6 nitrogen and oxygen atoms in total. The van der Waals surface area contributed by atoms with Crippen molar-refractivity contribution in [2.45, 2.75) is 38.5 Å². The zero-order valence-corrected chi connectivity index (χ0v) is 14.4. The Balaban J connectivity index is 1.97. The molecule has 0 fully saturated rings. The molecule has 0 bridgehead atoms. The van der Waals surface area contributed by atoms with Crippen LogP contribution in [0.4, 0.5) is 10.1 Å². The molecule has 0 saturated carbocycles. The van der Waals surface area contributed by atoms with Crippen LogP contribution < -0.4 is 4.90 Å². The molecule has 1 aromatic rings. The van der Waals surface area contributed by atoms with E-state index in [9.17, 15) is 23.6 Å². The van der Waals surface area contributed by atoms with Crippen LogP contribution in [0.2, 0.25) is 5.02 Å². The van der Waals surface area contributed by atoms with Crippen LogP contribution in [0.3, 0.4) is 0 Å². The number of halogens is 2. The maximum Gasteiger partial charge on any atom is 0.303 e. The Kier molecular flexibility index (Phi) is 4.91. The molecule has 0 saturated heterocycles. The van der Waals surface area contributed by atoms with E-state index in [-0.39, 0.29) is 22.7 Å². The second-order valence-electron chi connectivity index (χ2n) is 6.21. The Hall–Kier alpha value is -2.54. The number of imide groups is 1. The fourth-order valence-electron chi connectivity index (χ4n) is 3.24. The normalized spacial score (nSPS) is 16.9. The van der Waals surface area contributed by atoms with E-state index in [1.165, 1.54) is 0 Å². The van der Waals surface area contributed by atoms with Crippen molar-refractivity contribution in [2.24, 2.45) is 0 Å². The van der Waals surface area contributed by atoms with Gasteiger partial charge in [-0.05, 0) is 37.8 Å². The van der Waals surface area contributed by atoms with Crippen LogP contribution in [-0.2, 0) is 14.4 Å².